The molecule has 2 unspecified atom stereocenters. The summed E-state index contributed by atoms with van der Waals surface area (Å²) in [6.07, 6.45) is 2.20. The normalized spacial score (nSPS) is 23.7. The van der Waals surface area contributed by atoms with Crippen LogP contribution >= 0.6 is 0 Å². The van der Waals surface area contributed by atoms with E-state index < -0.39 is 5.92 Å². The van der Waals surface area contributed by atoms with Crippen LogP contribution in [0.15, 0.2) is 30.3 Å². The van der Waals surface area contributed by atoms with E-state index in [0.29, 0.717) is 6.42 Å². The molecule has 0 heterocycles. The van der Waals surface area contributed by atoms with Crippen molar-refractivity contribution in [2.75, 3.05) is 0 Å². The number of halogens is 1. The standard InChI is InChI=1S/C15H15FO2/c1-9-7-12(8-14(18)15(9)10(2)17)11-3-5-13(16)6-4-11/h3-6,8-9,15H,7H2,1-2H3. The number of ketones is 2. The van der Waals surface area contributed by atoms with Gasteiger partial charge in [0.2, 0.25) is 0 Å². The second-order valence-corrected chi connectivity index (χ2v) is 4.85. The van der Waals surface area contributed by atoms with Gasteiger partial charge in [-0.2, -0.15) is 0 Å². The van der Waals surface area contributed by atoms with Crippen LogP contribution in [0.25, 0.3) is 5.57 Å². The minimum Gasteiger partial charge on any atom is -0.299 e. The van der Waals surface area contributed by atoms with Gasteiger partial charge in [0, 0.05) is 0 Å². The Bertz CT molecular complexity index is 514. The zero-order valence-electron chi connectivity index (χ0n) is 10.4. The smallest absolute Gasteiger partial charge is 0.166 e. The first-order valence-corrected chi connectivity index (χ1v) is 6.00. The summed E-state index contributed by atoms with van der Waals surface area (Å²) in [5, 5.41) is 0. The molecular weight excluding hydrogens is 231 g/mol. The van der Waals surface area contributed by atoms with E-state index in [9.17, 15) is 14.0 Å². The molecule has 0 spiro atoms. The summed E-state index contributed by atoms with van der Waals surface area (Å²) < 4.78 is 12.8. The lowest BCUT2D eigenvalue weighted by molar-refractivity contribution is -0.131. The molecule has 0 N–H and O–H groups in total. The van der Waals surface area contributed by atoms with Crippen LogP contribution in [-0.4, -0.2) is 11.6 Å². The molecular formula is C15H15FO2. The van der Waals surface area contributed by atoms with Gasteiger partial charge in [-0.25, -0.2) is 4.39 Å². The van der Waals surface area contributed by atoms with E-state index in [1.807, 2.05) is 6.92 Å². The molecule has 0 saturated heterocycles. The highest BCUT2D eigenvalue weighted by atomic mass is 19.1. The minimum atomic E-state index is -0.519. The SMILES string of the molecule is CC(=O)C1C(=O)C=C(c2ccc(F)cc2)CC1C. The first-order valence-electron chi connectivity index (χ1n) is 6.00. The molecule has 2 nitrogen and oxygen atoms in total. The van der Waals surface area contributed by atoms with Crippen molar-refractivity contribution in [3.8, 4) is 0 Å². The maximum Gasteiger partial charge on any atom is 0.166 e. The van der Waals surface area contributed by atoms with E-state index in [2.05, 4.69) is 0 Å². The number of carbonyl (C=O) groups is 2. The number of allylic oxidation sites excluding steroid dienone is 2. The summed E-state index contributed by atoms with van der Waals surface area (Å²) in [5.41, 5.74) is 1.73. The van der Waals surface area contributed by atoms with Gasteiger partial charge >= 0.3 is 0 Å². The van der Waals surface area contributed by atoms with Crippen LogP contribution in [0.3, 0.4) is 0 Å². The fraction of sp³-hybridized carbons (Fsp3) is 0.333. The summed E-state index contributed by atoms with van der Waals surface area (Å²) in [7, 11) is 0. The lowest BCUT2D eigenvalue weighted by atomic mass is 9.76. The van der Waals surface area contributed by atoms with Crippen molar-refractivity contribution in [1.29, 1.82) is 0 Å². The van der Waals surface area contributed by atoms with Gasteiger partial charge in [-0.1, -0.05) is 19.1 Å². The van der Waals surface area contributed by atoms with Gasteiger partial charge in [-0.15, -0.1) is 0 Å². The highest BCUT2D eigenvalue weighted by Crippen LogP contribution is 2.33. The highest BCUT2D eigenvalue weighted by molar-refractivity contribution is 6.11. The molecule has 0 saturated carbocycles. The van der Waals surface area contributed by atoms with Crippen molar-refractivity contribution < 1.29 is 14.0 Å². The van der Waals surface area contributed by atoms with Crippen LogP contribution in [-0.2, 0) is 9.59 Å². The highest BCUT2D eigenvalue weighted by Gasteiger charge is 2.32. The zero-order chi connectivity index (χ0) is 13.3. The maximum absolute atomic E-state index is 12.8. The number of Topliss-reactive ketones (excluding diaryl/α,β-unsaturated/α-hetero) is 1. The molecule has 1 aliphatic rings. The Hall–Kier alpha value is -1.77. The third kappa shape index (κ3) is 2.40. The molecule has 1 aliphatic carbocycles. The van der Waals surface area contributed by atoms with E-state index in [0.717, 1.165) is 11.1 Å². The summed E-state index contributed by atoms with van der Waals surface area (Å²) in [5.74, 6) is -1.03. The Morgan fingerprint density at radius 1 is 1.28 bits per heavy atom. The largest absolute Gasteiger partial charge is 0.299 e. The number of hydrogen-bond donors (Lipinski definition) is 0. The predicted molar refractivity (Wildman–Crippen MR) is 67.3 cm³/mol. The van der Waals surface area contributed by atoms with Crippen LogP contribution in [0.1, 0.15) is 25.8 Å². The van der Waals surface area contributed by atoms with Gasteiger partial charge in [0.25, 0.3) is 0 Å². The van der Waals surface area contributed by atoms with Crippen molar-refractivity contribution in [3.63, 3.8) is 0 Å². The molecule has 0 fully saturated rings. The average molecular weight is 246 g/mol. The lowest BCUT2D eigenvalue weighted by Gasteiger charge is -2.25. The van der Waals surface area contributed by atoms with E-state index in [4.69, 9.17) is 0 Å². The Morgan fingerprint density at radius 3 is 2.39 bits per heavy atom. The third-order valence-electron chi connectivity index (χ3n) is 3.39. The summed E-state index contributed by atoms with van der Waals surface area (Å²) in [4.78, 5) is 23.3. The fourth-order valence-electron chi connectivity index (χ4n) is 2.53. The van der Waals surface area contributed by atoms with Gasteiger partial charge in [0.1, 0.15) is 11.6 Å². The molecule has 2 atom stereocenters. The molecule has 0 bridgehead atoms. The van der Waals surface area contributed by atoms with Crippen molar-refractivity contribution in [2.45, 2.75) is 20.3 Å². The summed E-state index contributed by atoms with van der Waals surface area (Å²) in [6, 6.07) is 6.08. The van der Waals surface area contributed by atoms with Crippen molar-refractivity contribution in [2.24, 2.45) is 11.8 Å². The molecule has 0 aliphatic heterocycles. The van der Waals surface area contributed by atoms with Crippen LogP contribution in [0.5, 0.6) is 0 Å². The molecule has 3 heteroatoms. The second kappa shape index (κ2) is 4.84. The van der Waals surface area contributed by atoms with Crippen molar-refractivity contribution in [3.05, 3.63) is 41.7 Å². The molecule has 1 aromatic carbocycles. The summed E-state index contributed by atoms with van der Waals surface area (Å²) >= 11 is 0. The Morgan fingerprint density at radius 2 is 1.89 bits per heavy atom. The fourth-order valence-corrected chi connectivity index (χ4v) is 2.53. The monoisotopic (exact) mass is 246 g/mol. The zero-order valence-corrected chi connectivity index (χ0v) is 10.4. The lowest BCUT2D eigenvalue weighted by Crippen LogP contribution is -2.30. The van der Waals surface area contributed by atoms with E-state index >= 15 is 0 Å². The maximum atomic E-state index is 12.8. The Labute approximate surface area is 106 Å². The topological polar surface area (TPSA) is 34.1 Å². The van der Waals surface area contributed by atoms with Crippen LogP contribution in [0, 0.1) is 17.7 Å². The predicted octanol–water partition coefficient (Wildman–Crippen LogP) is 3.02. The van der Waals surface area contributed by atoms with Gasteiger partial charge in [0.15, 0.2) is 5.78 Å². The average Bonchev–Trinajstić information content (AvgIpc) is 2.28. The molecule has 0 radical (unpaired) electrons. The molecule has 0 amide bonds. The number of benzene rings is 1. The molecule has 1 aromatic rings. The summed E-state index contributed by atoms with van der Waals surface area (Å²) in [6.45, 7) is 3.36. The van der Waals surface area contributed by atoms with Gasteiger partial charge < -0.3 is 0 Å². The van der Waals surface area contributed by atoms with Gasteiger partial charge in [-0.05, 0) is 48.6 Å². The van der Waals surface area contributed by atoms with E-state index in [-0.39, 0.29) is 23.3 Å². The molecule has 94 valence electrons. The second-order valence-electron chi connectivity index (χ2n) is 4.85. The first kappa shape index (κ1) is 12.7. The van der Waals surface area contributed by atoms with E-state index in [1.54, 1.807) is 12.1 Å². The quantitative estimate of drug-likeness (QED) is 0.752. The molecule has 2 rings (SSSR count). The Kier molecular flexibility index (Phi) is 3.41. The minimum absolute atomic E-state index is 0.0000491. The molecule has 0 aromatic heterocycles. The van der Waals surface area contributed by atoms with Gasteiger partial charge in [-0.3, -0.25) is 9.59 Å². The third-order valence-corrected chi connectivity index (χ3v) is 3.39. The Balaban J connectivity index is 2.32. The van der Waals surface area contributed by atoms with Crippen LogP contribution < -0.4 is 0 Å². The van der Waals surface area contributed by atoms with Crippen LogP contribution in [0.2, 0.25) is 0 Å². The van der Waals surface area contributed by atoms with Gasteiger partial charge in [0.05, 0.1) is 5.92 Å². The van der Waals surface area contributed by atoms with Crippen LogP contribution in [0.4, 0.5) is 4.39 Å². The first-order chi connectivity index (χ1) is 8.49. The molecule has 18 heavy (non-hydrogen) atoms. The number of hydrogen-bond acceptors (Lipinski definition) is 2. The number of rotatable bonds is 2. The van der Waals surface area contributed by atoms with E-state index in [1.165, 1.54) is 25.1 Å². The van der Waals surface area contributed by atoms with Crippen molar-refractivity contribution in [1.82, 2.24) is 0 Å². The van der Waals surface area contributed by atoms with Crippen molar-refractivity contribution >= 4 is 17.1 Å². The number of carbonyl (C=O) groups excluding carboxylic acids is 2.